The third-order valence-electron chi connectivity index (χ3n) is 4.10. The molecule has 1 amide bonds. The third-order valence-corrected chi connectivity index (χ3v) is 5.69. The molecule has 2 aromatic rings. The van der Waals surface area contributed by atoms with E-state index in [-0.39, 0.29) is 19.0 Å². The fraction of sp³-hybridized carbons (Fsp3) is 0.211. The van der Waals surface area contributed by atoms with E-state index in [1.165, 1.54) is 0 Å². The van der Waals surface area contributed by atoms with Crippen molar-refractivity contribution in [3.05, 3.63) is 76.2 Å². The predicted octanol–water partition coefficient (Wildman–Crippen LogP) is 2.32. The molecule has 0 aliphatic heterocycles. The number of carbonyl (C=O) groups excluding carboxylic acids is 1. The Kier molecular flexibility index (Phi) is 5.31. The van der Waals surface area contributed by atoms with Gasteiger partial charge in [0.2, 0.25) is 10.0 Å². The van der Waals surface area contributed by atoms with Gasteiger partial charge in [-0.1, -0.05) is 42.5 Å². The minimum absolute atomic E-state index is 0.153. The molecule has 0 fully saturated rings. The minimum Gasteiger partial charge on any atom is -0.351 e. The average molecular weight is 356 g/mol. The van der Waals surface area contributed by atoms with Crippen molar-refractivity contribution in [1.82, 2.24) is 10.0 Å². The number of fused-ring (bicyclic) bond motifs is 1. The monoisotopic (exact) mass is 356 g/mol. The standard InChI is InChI=1S/C19H20N2O3S/c22-19(16-7-2-1-3-8-16)20-12-13-21-25(23,24)18-11-10-15-6-4-5-9-17(15)14-18/h1-9,14,21H,10-13H2,(H,20,22). The minimum atomic E-state index is -3.53. The maximum absolute atomic E-state index is 12.4. The van der Waals surface area contributed by atoms with E-state index in [0.29, 0.717) is 23.3 Å². The van der Waals surface area contributed by atoms with E-state index in [4.69, 9.17) is 0 Å². The van der Waals surface area contributed by atoms with Gasteiger partial charge in [-0.05, 0) is 42.2 Å². The summed E-state index contributed by atoms with van der Waals surface area (Å²) in [6.45, 7) is 0.386. The molecule has 2 aromatic carbocycles. The summed E-state index contributed by atoms with van der Waals surface area (Å²) in [5.41, 5.74) is 2.67. The topological polar surface area (TPSA) is 75.3 Å². The molecule has 130 valence electrons. The van der Waals surface area contributed by atoms with E-state index >= 15 is 0 Å². The lowest BCUT2D eigenvalue weighted by Gasteiger charge is -2.17. The highest BCUT2D eigenvalue weighted by Crippen LogP contribution is 2.26. The van der Waals surface area contributed by atoms with Gasteiger partial charge in [0.05, 0.1) is 4.91 Å². The first kappa shape index (κ1) is 17.4. The van der Waals surface area contributed by atoms with Crippen LogP contribution in [0.5, 0.6) is 0 Å². The van der Waals surface area contributed by atoms with Crippen molar-refractivity contribution in [2.45, 2.75) is 12.8 Å². The van der Waals surface area contributed by atoms with Gasteiger partial charge in [-0.2, -0.15) is 0 Å². The summed E-state index contributed by atoms with van der Waals surface area (Å²) in [7, 11) is -3.53. The molecule has 0 unspecified atom stereocenters. The van der Waals surface area contributed by atoms with E-state index in [1.54, 1.807) is 30.3 Å². The highest BCUT2D eigenvalue weighted by molar-refractivity contribution is 7.93. The van der Waals surface area contributed by atoms with E-state index in [0.717, 1.165) is 11.1 Å². The van der Waals surface area contributed by atoms with Crippen molar-refractivity contribution < 1.29 is 13.2 Å². The molecule has 0 bridgehead atoms. The molecule has 0 aromatic heterocycles. The Bertz CT molecular complexity index is 890. The van der Waals surface area contributed by atoms with Crippen LogP contribution >= 0.6 is 0 Å². The summed E-state index contributed by atoms with van der Waals surface area (Å²) in [6, 6.07) is 16.6. The van der Waals surface area contributed by atoms with Crippen LogP contribution < -0.4 is 10.0 Å². The Balaban J connectivity index is 1.55. The molecule has 0 heterocycles. The van der Waals surface area contributed by atoms with Crippen LogP contribution in [0.4, 0.5) is 0 Å². The molecular weight excluding hydrogens is 336 g/mol. The zero-order chi connectivity index (χ0) is 17.7. The highest BCUT2D eigenvalue weighted by atomic mass is 32.2. The number of sulfonamides is 1. The molecule has 1 aliphatic carbocycles. The Labute approximate surface area is 147 Å². The van der Waals surface area contributed by atoms with Crippen LogP contribution in [0, 0.1) is 0 Å². The molecular formula is C19H20N2O3S. The molecule has 0 saturated heterocycles. The average Bonchev–Trinajstić information content (AvgIpc) is 2.65. The first-order valence-electron chi connectivity index (χ1n) is 8.18. The van der Waals surface area contributed by atoms with Gasteiger partial charge >= 0.3 is 0 Å². The lowest BCUT2D eigenvalue weighted by molar-refractivity contribution is 0.0954. The van der Waals surface area contributed by atoms with Crippen LogP contribution in [0.15, 0.2) is 59.5 Å². The molecule has 5 nitrogen and oxygen atoms in total. The SMILES string of the molecule is O=C(NCCNS(=O)(=O)C1=Cc2ccccc2CC1)c1ccccc1. The molecule has 1 aliphatic rings. The number of allylic oxidation sites excluding steroid dienone is 1. The smallest absolute Gasteiger partial charge is 0.251 e. The number of rotatable bonds is 6. The lowest BCUT2D eigenvalue weighted by Crippen LogP contribution is -2.35. The zero-order valence-corrected chi connectivity index (χ0v) is 14.6. The van der Waals surface area contributed by atoms with Crippen molar-refractivity contribution in [1.29, 1.82) is 0 Å². The van der Waals surface area contributed by atoms with Crippen LogP contribution in [0.2, 0.25) is 0 Å². The molecule has 2 N–H and O–H groups in total. The van der Waals surface area contributed by atoms with Crippen LogP contribution in [-0.2, 0) is 16.4 Å². The molecule has 6 heteroatoms. The fourth-order valence-electron chi connectivity index (χ4n) is 2.76. The van der Waals surface area contributed by atoms with E-state index < -0.39 is 10.0 Å². The van der Waals surface area contributed by atoms with Gasteiger partial charge in [-0.15, -0.1) is 0 Å². The van der Waals surface area contributed by atoms with Gasteiger partial charge in [-0.3, -0.25) is 4.79 Å². The number of hydrogen-bond donors (Lipinski definition) is 2. The maximum Gasteiger partial charge on any atom is 0.251 e. The molecule has 0 atom stereocenters. The van der Waals surface area contributed by atoms with Crippen LogP contribution in [0.25, 0.3) is 6.08 Å². The third kappa shape index (κ3) is 4.35. The number of hydrogen-bond acceptors (Lipinski definition) is 3. The summed E-state index contributed by atoms with van der Waals surface area (Å²) < 4.78 is 27.4. The normalized spacial score (nSPS) is 13.7. The van der Waals surface area contributed by atoms with Gasteiger partial charge in [0, 0.05) is 18.7 Å². The summed E-state index contributed by atoms with van der Waals surface area (Å²) in [5, 5.41) is 2.70. The summed E-state index contributed by atoms with van der Waals surface area (Å²) in [4.78, 5) is 12.3. The Morgan fingerprint density at radius 2 is 1.64 bits per heavy atom. The van der Waals surface area contributed by atoms with Crippen LogP contribution in [-0.4, -0.2) is 27.4 Å². The van der Waals surface area contributed by atoms with E-state index in [2.05, 4.69) is 10.0 Å². The molecule has 0 saturated carbocycles. The van der Waals surface area contributed by atoms with E-state index in [1.807, 2.05) is 30.3 Å². The number of benzene rings is 2. The van der Waals surface area contributed by atoms with Crippen molar-refractivity contribution in [3.63, 3.8) is 0 Å². The second-order valence-corrected chi connectivity index (χ2v) is 7.65. The van der Waals surface area contributed by atoms with Crippen LogP contribution in [0.3, 0.4) is 0 Å². The number of carbonyl (C=O) groups is 1. The Hall–Kier alpha value is -2.44. The summed E-state index contributed by atoms with van der Waals surface area (Å²) in [6.07, 6.45) is 2.93. The van der Waals surface area contributed by atoms with Gasteiger partial charge in [0.1, 0.15) is 0 Å². The zero-order valence-electron chi connectivity index (χ0n) is 13.7. The fourth-order valence-corrected chi connectivity index (χ4v) is 3.97. The van der Waals surface area contributed by atoms with Crippen molar-refractivity contribution in [2.75, 3.05) is 13.1 Å². The lowest BCUT2D eigenvalue weighted by atomic mass is 9.98. The maximum atomic E-state index is 12.4. The first-order valence-corrected chi connectivity index (χ1v) is 9.66. The van der Waals surface area contributed by atoms with Crippen molar-refractivity contribution in [3.8, 4) is 0 Å². The van der Waals surface area contributed by atoms with Crippen LogP contribution in [0.1, 0.15) is 27.9 Å². The summed E-state index contributed by atoms with van der Waals surface area (Å²) >= 11 is 0. The molecule has 25 heavy (non-hydrogen) atoms. The molecule has 0 radical (unpaired) electrons. The Morgan fingerprint density at radius 3 is 2.44 bits per heavy atom. The second-order valence-electron chi connectivity index (χ2n) is 5.83. The van der Waals surface area contributed by atoms with Gasteiger partial charge < -0.3 is 5.32 Å². The number of amides is 1. The second kappa shape index (κ2) is 7.63. The number of aryl methyl sites for hydroxylation is 1. The first-order chi connectivity index (χ1) is 12.1. The van der Waals surface area contributed by atoms with Crippen molar-refractivity contribution in [2.24, 2.45) is 0 Å². The highest BCUT2D eigenvalue weighted by Gasteiger charge is 2.21. The predicted molar refractivity (Wildman–Crippen MR) is 98.4 cm³/mol. The number of nitrogens with one attached hydrogen (secondary N) is 2. The largest absolute Gasteiger partial charge is 0.351 e. The molecule has 0 spiro atoms. The van der Waals surface area contributed by atoms with E-state index in [9.17, 15) is 13.2 Å². The molecule has 3 rings (SSSR count). The van der Waals surface area contributed by atoms with Gasteiger partial charge in [0.15, 0.2) is 0 Å². The quantitative estimate of drug-likeness (QED) is 0.780. The van der Waals surface area contributed by atoms with Gasteiger partial charge in [0.25, 0.3) is 5.91 Å². The Morgan fingerprint density at radius 1 is 0.920 bits per heavy atom. The summed E-state index contributed by atoms with van der Waals surface area (Å²) in [5.74, 6) is -0.217. The van der Waals surface area contributed by atoms with Crippen molar-refractivity contribution >= 4 is 22.0 Å². The van der Waals surface area contributed by atoms with Gasteiger partial charge in [-0.25, -0.2) is 13.1 Å².